The molecule has 4 atom stereocenters. The van der Waals surface area contributed by atoms with Gasteiger partial charge in [-0.05, 0) is 49.5 Å². The largest absolute Gasteiger partial charge is 0.431 e. The van der Waals surface area contributed by atoms with Gasteiger partial charge < -0.3 is 4.74 Å². The van der Waals surface area contributed by atoms with Gasteiger partial charge in [0.25, 0.3) is 0 Å². The fourth-order valence-electron chi connectivity index (χ4n) is 3.86. The van der Waals surface area contributed by atoms with Gasteiger partial charge in [0.15, 0.2) is 0 Å². The molecule has 0 amide bonds. The van der Waals surface area contributed by atoms with E-state index < -0.39 is 0 Å². The van der Waals surface area contributed by atoms with E-state index in [1.807, 2.05) is 0 Å². The Morgan fingerprint density at radius 3 is 3.00 bits per heavy atom. The van der Waals surface area contributed by atoms with E-state index in [-0.39, 0.29) is 5.97 Å². The molecule has 2 nitrogen and oxygen atoms in total. The van der Waals surface area contributed by atoms with Crippen molar-refractivity contribution in [1.82, 2.24) is 0 Å². The second kappa shape index (κ2) is 2.85. The molecule has 2 bridgehead atoms. The first kappa shape index (κ1) is 8.51. The summed E-state index contributed by atoms with van der Waals surface area (Å²) in [5.74, 6) is 3.99. The average Bonchev–Trinajstić information content (AvgIpc) is 2.74. The van der Waals surface area contributed by atoms with Gasteiger partial charge in [0.05, 0.1) is 0 Å². The number of fused-ring (bicyclic) bond motifs is 5. The van der Waals surface area contributed by atoms with Crippen LogP contribution in [0.25, 0.3) is 0 Å². The molecule has 4 unspecified atom stereocenters. The van der Waals surface area contributed by atoms with E-state index >= 15 is 0 Å². The summed E-state index contributed by atoms with van der Waals surface area (Å²) in [6.45, 7) is 1.50. The van der Waals surface area contributed by atoms with E-state index in [2.05, 4.69) is 6.08 Å². The van der Waals surface area contributed by atoms with Crippen molar-refractivity contribution in [3.05, 3.63) is 11.8 Å². The number of hydrogen-bond donors (Lipinski definition) is 0. The summed E-state index contributed by atoms with van der Waals surface area (Å²) in [5.41, 5.74) is 0. The Morgan fingerprint density at radius 1 is 1.43 bits per heavy atom. The number of carbonyl (C=O) groups excluding carboxylic acids is 1. The molecule has 0 aromatic carbocycles. The van der Waals surface area contributed by atoms with Gasteiger partial charge >= 0.3 is 5.97 Å². The number of allylic oxidation sites excluding steroid dienone is 2. The standard InChI is InChI=1S/C12H16O2/c1-7(13)14-11-5-4-10-8-2-3-9(6-8)12(10)11/h5,8-10,12H,2-4,6H2,1H3. The second-order valence-corrected chi connectivity index (χ2v) is 4.96. The van der Waals surface area contributed by atoms with Crippen LogP contribution in [0.2, 0.25) is 0 Å². The Hall–Kier alpha value is -0.790. The lowest BCUT2D eigenvalue weighted by molar-refractivity contribution is -0.138. The molecule has 2 heteroatoms. The molecular weight excluding hydrogens is 176 g/mol. The molecule has 0 spiro atoms. The molecule has 0 radical (unpaired) electrons. The molecule has 14 heavy (non-hydrogen) atoms. The lowest BCUT2D eigenvalue weighted by atomic mass is 9.81. The Morgan fingerprint density at radius 2 is 2.21 bits per heavy atom. The molecule has 0 aliphatic heterocycles. The van der Waals surface area contributed by atoms with Gasteiger partial charge in [-0.3, -0.25) is 4.79 Å². The molecule has 76 valence electrons. The lowest BCUT2D eigenvalue weighted by Gasteiger charge is -2.26. The summed E-state index contributed by atoms with van der Waals surface area (Å²) in [5, 5.41) is 0. The van der Waals surface area contributed by atoms with Crippen LogP contribution in [0.15, 0.2) is 11.8 Å². The maximum Gasteiger partial charge on any atom is 0.307 e. The third-order valence-corrected chi connectivity index (χ3v) is 4.27. The highest BCUT2D eigenvalue weighted by Crippen LogP contribution is 2.58. The van der Waals surface area contributed by atoms with Gasteiger partial charge in [0.2, 0.25) is 0 Å². The highest BCUT2D eigenvalue weighted by atomic mass is 16.5. The Kier molecular flexibility index (Phi) is 1.73. The molecule has 0 saturated heterocycles. The first-order chi connectivity index (χ1) is 6.75. The van der Waals surface area contributed by atoms with Crippen LogP contribution < -0.4 is 0 Å². The number of carbonyl (C=O) groups is 1. The molecule has 2 fully saturated rings. The van der Waals surface area contributed by atoms with Crippen LogP contribution in [0.1, 0.15) is 32.6 Å². The van der Waals surface area contributed by atoms with Crippen molar-refractivity contribution in [3.8, 4) is 0 Å². The highest BCUT2D eigenvalue weighted by Gasteiger charge is 2.51. The molecule has 0 N–H and O–H groups in total. The van der Waals surface area contributed by atoms with Crippen LogP contribution in [0.4, 0.5) is 0 Å². The van der Waals surface area contributed by atoms with Crippen molar-refractivity contribution in [2.24, 2.45) is 23.7 Å². The van der Waals surface area contributed by atoms with Gasteiger partial charge in [-0.25, -0.2) is 0 Å². The van der Waals surface area contributed by atoms with E-state index in [0.29, 0.717) is 5.92 Å². The predicted octanol–water partition coefficient (Wildman–Crippen LogP) is 2.50. The molecular formula is C12H16O2. The van der Waals surface area contributed by atoms with Crippen LogP contribution in [-0.4, -0.2) is 5.97 Å². The van der Waals surface area contributed by atoms with Crippen molar-refractivity contribution < 1.29 is 9.53 Å². The van der Waals surface area contributed by atoms with Gasteiger partial charge in [-0.15, -0.1) is 0 Å². The second-order valence-electron chi connectivity index (χ2n) is 4.96. The zero-order valence-corrected chi connectivity index (χ0v) is 8.53. The fraction of sp³-hybridized carbons (Fsp3) is 0.750. The van der Waals surface area contributed by atoms with Gasteiger partial charge in [0.1, 0.15) is 5.76 Å². The lowest BCUT2D eigenvalue weighted by Crippen LogP contribution is -2.21. The summed E-state index contributed by atoms with van der Waals surface area (Å²) >= 11 is 0. The predicted molar refractivity (Wildman–Crippen MR) is 52.3 cm³/mol. The minimum absolute atomic E-state index is 0.153. The van der Waals surface area contributed by atoms with Gasteiger partial charge in [-0.1, -0.05) is 0 Å². The summed E-state index contributed by atoms with van der Waals surface area (Å²) in [7, 11) is 0. The number of rotatable bonds is 1. The monoisotopic (exact) mass is 192 g/mol. The normalized spacial score (nSPS) is 43.6. The van der Waals surface area contributed by atoms with Crippen molar-refractivity contribution in [2.45, 2.75) is 32.6 Å². The van der Waals surface area contributed by atoms with Crippen LogP contribution in [0, 0.1) is 23.7 Å². The number of esters is 1. The quantitative estimate of drug-likeness (QED) is 0.597. The van der Waals surface area contributed by atoms with Gasteiger partial charge in [0, 0.05) is 12.8 Å². The molecule has 2 saturated carbocycles. The van der Waals surface area contributed by atoms with E-state index in [1.165, 1.54) is 26.2 Å². The molecule has 3 aliphatic rings. The van der Waals surface area contributed by atoms with Crippen molar-refractivity contribution >= 4 is 5.97 Å². The molecule has 0 heterocycles. The summed E-state index contributed by atoms with van der Waals surface area (Å²) in [4.78, 5) is 10.9. The minimum atomic E-state index is -0.153. The fourth-order valence-corrected chi connectivity index (χ4v) is 3.86. The van der Waals surface area contributed by atoms with Crippen molar-refractivity contribution in [3.63, 3.8) is 0 Å². The Balaban J connectivity index is 1.80. The van der Waals surface area contributed by atoms with E-state index in [0.717, 1.165) is 29.9 Å². The highest BCUT2D eigenvalue weighted by molar-refractivity contribution is 5.67. The summed E-state index contributed by atoms with van der Waals surface area (Å²) in [6, 6.07) is 0. The zero-order chi connectivity index (χ0) is 9.71. The average molecular weight is 192 g/mol. The minimum Gasteiger partial charge on any atom is -0.431 e. The van der Waals surface area contributed by atoms with Gasteiger partial charge in [-0.2, -0.15) is 0 Å². The molecule has 0 aromatic heterocycles. The summed E-state index contributed by atoms with van der Waals surface area (Å²) in [6.07, 6.45) is 7.45. The SMILES string of the molecule is CC(=O)OC1=CCC2C3CCC(C3)C12. The smallest absolute Gasteiger partial charge is 0.307 e. The molecule has 0 aromatic rings. The van der Waals surface area contributed by atoms with E-state index in [4.69, 9.17) is 4.74 Å². The van der Waals surface area contributed by atoms with Crippen molar-refractivity contribution in [2.75, 3.05) is 0 Å². The van der Waals surface area contributed by atoms with Crippen molar-refractivity contribution in [1.29, 1.82) is 0 Å². The first-order valence-corrected chi connectivity index (χ1v) is 5.64. The van der Waals surface area contributed by atoms with Crippen LogP contribution >= 0.6 is 0 Å². The molecule has 3 rings (SSSR count). The van der Waals surface area contributed by atoms with E-state index in [9.17, 15) is 4.79 Å². The maximum absolute atomic E-state index is 10.9. The Bertz CT molecular complexity index is 305. The van der Waals surface area contributed by atoms with E-state index in [1.54, 1.807) is 0 Å². The summed E-state index contributed by atoms with van der Waals surface area (Å²) < 4.78 is 5.30. The first-order valence-electron chi connectivity index (χ1n) is 5.64. The molecule has 3 aliphatic carbocycles. The zero-order valence-electron chi connectivity index (χ0n) is 8.53. The number of ether oxygens (including phenoxy) is 1. The topological polar surface area (TPSA) is 26.3 Å². The van der Waals surface area contributed by atoms with Crippen LogP contribution in [0.5, 0.6) is 0 Å². The van der Waals surface area contributed by atoms with Crippen LogP contribution in [-0.2, 0) is 9.53 Å². The third kappa shape index (κ3) is 1.06. The van der Waals surface area contributed by atoms with Crippen LogP contribution in [0.3, 0.4) is 0 Å². The number of hydrogen-bond acceptors (Lipinski definition) is 2. The third-order valence-electron chi connectivity index (χ3n) is 4.27. The Labute approximate surface area is 84.3 Å². The maximum atomic E-state index is 10.9.